The average molecular weight is 142 g/mol. The molecule has 10 heavy (non-hydrogen) atoms. The summed E-state index contributed by atoms with van der Waals surface area (Å²) in [6, 6.07) is 0. The summed E-state index contributed by atoms with van der Waals surface area (Å²) >= 11 is 0. The molecule has 1 heterocycles. The maximum Gasteiger partial charge on any atom is 0.125 e. The normalized spacial score (nSPS) is 31.6. The van der Waals surface area contributed by atoms with Crippen LogP contribution in [0.1, 0.15) is 26.7 Å². The second-order valence-corrected chi connectivity index (χ2v) is 3.34. The van der Waals surface area contributed by atoms with Gasteiger partial charge in [0.2, 0.25) is 0 Å². The van der Waals surface area contributed by atoms with Crippen molar-refractivity contribution in [1.82, 2.24) is 0 Å². The van der Waals surface area contributed by atoms with Gasteiger partial charge in [-0.25, -0.2) is 0 Å². The van der Waals surface area contributed by atoms with Crippen LogP contribution < -0.4 is 0 Å². The Kier molecular flexibility index (Phi) is 2.09. The Morgan fingerprint density at radius 2 is 2.30 bits per heavy atom. The molecule has 0 saturated carbocycles. The van der Waals surface area contributed by atoms with Crippen LogP contribution >= 0.6 is 0 Å². The van der Waals surface area contributed by atoms with Gasteiger partial charge in [0.25, 0.3) is 0 Å². The molecule has 0 aromatic rings. The van der Waals surface area contributed by atoms with E-state index in [9.17, 15) is 4.79 Å². The van der Waals surface area contributed by atoms with Gasteiger partial charge in [-0.05, 0) is 26.7 Å². The Morgan fingerprint density at radius 1 is 1.60 bits per heavy atom. The zero-order valence-electron chi connectivity index (χ0n) is 6.59. The number of carbonyl (C=O) groups is 1. The fourth-order valence-corrected chi connectivity index (χ4v) is 1.33. The lowest BCUT2D eigenvalue weighted by molar-refractivity contribution is -0.131. The maximum atomic E-state index is 10.5. The largest absolute Gasteiger partial charge is 0.375 e. The Hall–Kier alpha value is -0.370. The fourth-order valence-electron chi connectivity index (χ4n) is 1.33. The molecular formula is C8H14O2. The van der Waals surface area contributed by atoms with Crippen LogP contribution in [0, 0.1) is 5.92 Å². The molecule has 2 heteroatoms. The molecule has 1 fully saturated rings. The zero-order valence-corrected chi connectivity index (χ0v) is 6.59. The van der Waals surface area contributed by atoms with Gasteiger partial charge < -0.3 is 9.53 Å². The van der Waals surface area contributed by atoms with Crippen LogP contribution in [0.15, 0.2) is 0 Å². The smallest absolute Gasteiger partial charge is 0.125 e. The number of rotatable bonds is 1. The van der Waals surface area contributed by atoms with Crippen LogP contribution in [-0.4, -0.2) is 18.5 Å². The average Bonchev–Trinajstić information content (AvgIpc) is 1.87. The molecule has 0 radical (unpaired) electrons. The molecule has 0 bridgehead atoms. The monoisotopic (exact) mass is 142 g/mol. The summed E-state index contributed by atoms with van der Waals surface area (Å²) < 4.78 is 5.44. The van der Waals surface area contributed by atoms with Crippen molar-refractivity contribution >= 4 is 6.29 Å². The second kappa shape index (κ2) is 2.70. The summed E-state index contributed by atoms with van der Waals surface area (Å²) in [4.78, 5) is 10.5. The van der Waals surface area contributed by atoms with Crippen molar-refractivity contribution < 1.29 is 9.53 Å². The molecule has 1 aliphatic heterocycles. The van der Waals surface area contributed by atoms with Crippen molar-refractivity contribution in [2.75, 3.05) is 6.61 Å². The summed E-state index contributed by atoms with van der Waals surface area (Å²) in [6.07, 6.45) is 3.02. The Labute approximate surface area is 61.6 Å². The highest BCUT2D eigenvalue weighted by molar-refractivity contribution is 5.55. The third-order valence-corrected chi connectivity index (χ3v) is 2.19. The molecule has 58 valence electrons. The summed E-state index contributed by atoms with van der Waals surface area (Å²) in [5.41, 5.74) is -0.222. The topological polar surface area (TPSA) is 26.3 Å². The van der Waals surface area contributed by atoms with Crippen LogP contribution in [-0.2, 0) is 9.53 Å². The van der Waals surface area contributed by atoms with Crippen LogP contribution in [0.2, 0.25) is 0 Å². The second-order valence-electron chi connectivity index (χ2n) is 3.34. The van der Waals surface area contributed by atoms with E-state index in [-0.39, 0.29) is 11.5 Å². The van der Waals surface area contributed by atoms with Crippen LogP contribution in [0.3, 0.4) is 0 Å². The molecule has 1 saturated heterocycles. The minimum atomic E-state index is -0.222. The van der Waals surface area contributed by atoms with E-state index >= 15 is 0 Å². The van der Waals surface area contributed by atoms with E-state index in [1.54, 1.807) is 0 Å². The molecule has 1 aliphatic rings. The molecular weight excluding hydrogens is 128 g/mol. The van der Waals surface area contributed by atoms with Gasteiger partial charge in [0.05, 0.1) is 5.60 Å². The molecule has 0 aromatic carbocycles. The van der Waals surface area contributed by atoms with E-state index < -0.39 is 0 Å². The van der Waals surface area contributed by atoms with Crippen LogP contribution in [0.4, 0.5) is 0 Å². The number of hydrogen-bond donors (Lipinski definition) is 0. The molecule has 1 atom stereocenters. The molecule has 0 unspecified atom stereocenters. The first kappa shape index (κ1) is 7.73. The molecule has 0 spiro atoms. The Bertz CT molecular complexity index is 129. The molecule has 1 rings (SSSR count). The summed E-state index contributed by atoms with van der Waals surface area (Å²) in [6.45, 7) is 4.76. The number of hydrogen-bond acceptors (Lipinski definition) is 2. The van der Waals surface area contributed by atoms with E-state index in [0.717, 1.165) is 25.7 Å². The predicted octanol–water partition coefficient (Wildman–Crippen LogP) is 1.39. The standard InChI is InChI=1S/C8H14O2/c1-8(2)7(6-9)4-3-5-10-8/h6-7H,3-5H2,1-2H3/t7-/m1/s1. The minimum absolute atomic E-state index is 0.0984. The SMILES string of the molecule is CC1(C)OCCC[C@@H]1C=O. The molecule has 0 N–H and O–H groups in total. The van der Waals surface area contributed by atoms with Gasteiger partial charge in [-0.15, -0.1) is 0 Å². The third kappa shape index (κ3) is 1.37. The van der Waals surface area contributed by atoms with Gasteiger partial charge >= 0.3 is 0 Å². The van der Waals surface area contributed by atoms with Crippen molar-refractivity contribution in [2.24, 2.45) is 5.92 Å². The quantitative estimate of drug-likeness (QED) is 0.517. The summed E-state index contributed by atoms with van der Waals surface area (Å²) in [7, 11) is 0. The fraction of sp³-hybridized carbons (Fsp3) is 0.875. The van der Waals surface area contributed by atoms with Gasteiger partial charge in [-0.2, -0.15) is 0 Å². The van der Waals surface area contributed by atoms with Crippen molar-refractivity contribution in [1.29, 1.82) is 0 Å². The highest BCUT2D eigenvalue weighted by Gasteiger charge is 2.32. The summed E-state index contributed by atoms with van der Waals surface area (Å²) in [5, 5.41) is 0. The van der Waals surface area contributed by atoms with E-state index in [1.165, 1.54) is 0 Å². The maximum absolute atomic E-state index is 10.5. The van der Waals surface area contributed by atoms with Crippen LogP contribution in [0.5, 0.6) is 0 Å². The van der Waals surface area contributed by atoms with E-state index in [1.807, 2.05) is 13.8 Å². The minimum Gasteiger partial charge on any atom is -0.375 e. The number of aldehydes is 1. The zero-order chi connectivity index (χ0) is 7.61. The highest BCUT2D eigenvalue weighted by atomic mass is 16.5. The van der Waals surface area contributed by atoms with Gasteiger partial charge in [-0.3, -0.25) is 0 Å². The number of carbonyl (C=O) groups excluding carboxylic acids is 1. The highest BCUT2D eigenvalue weighted by Crippen LogP contribution is 2.28. The first-order chi connectivity index (χ1) is 4.67. The predicted molar refractivity (Wildman–Crippen MR) is 38.8 cm³/mol. The van der Waals surface area contributed by atoms with Crippen molar-refractivity contribution in [3.63, 3.8) is 0 Å². The van der Waals surface area contributed by atoms with Gasteiger partial charge in [0.1, 0.15) is 6.29 Å². The van der Waals surface area contributed by atoms with E-state index in [4.69, 9.17) is 4.74 Å². The molecule has 0 aromatic heterocycles. The molecule has 0 amide bonds. The first-order valence-electron chi connectivity index (χ1n) is 3.76. The van der Waals surface area contributed by atoms with Crippen LogP contribution in [0.25, 0.3) is 0 Å². The Morgan fingerprint density at radius 3 is 2.70 bits per heavy atom. The van der Waals surface area contributed by atoms with Gasteiger partial charge in [-0.1, -0.05) is 0 Å². The van der Waals surface area contributed by atoms with E-state index in [0.29, 0.717) is 0 Å². The van der Waals surface area contributed by atoms with Crippen molar-refractivity contribution in [3.05, 3.63) is 0 Å². The third-order valence-electron chi connectivity index (χ3n) is 2.19. The molecule has 2 nitrogen and oxygen atoms in total. The van der Waals surface area contributed by atoms with Gasteiger partial charge in [0.15, 0.2) is 0 Å². The number of ether oxygens (including phenoxy) is 1. The lowest BCUT2D eigenvalue weighted by Gasteiger charge is -2.35. The summed E-state index contributed by atoms with van der Waals surface area (Å²) in [5.74, 6) is 0.0984. The van der Waals surface area contributed by atoms with Crippen molar-refractivity contribution in [3.8, 4) is 0 Å². The first-order valence-corrected chi connectivity index (χ1v) is 3.76. The van der Waals surface area contributed by atoms with Gasteiger partial charge in [0, 0.05) is 12.5 Å². The lowest BCUT2D eigenvalue weighted by atomic mass is 9.86. The lowest BCUT2D eigenvalue weighted by Crippen LogP contribution is -2.39. The van der Waals surface area contributed by atoms with E-state index in [2.05, 4.69) is 0 Å². The van der Waals surface area contributed by atoms with Crippen molar-refractivity contribution in [2.45, 2.75) is 32.3 Å². The molecule has 0 aliphatic carbocycles. The Balaban J connectivity index is 2.59.